The largest absolute Gasteiger partial charge is 0.365 e. The van der Waals surface area contributed by atoms with Crippen LogP contribution in [0, 0.1) is 12.8 Å². The summed E-state index contributed by atoms with van der Waals surface area (Å²) in [7, 11) is 0. The van der Waals surface area contributed by atoms with E-state index < -0.39 is 0 Å². The van der Waals surface area contributed by atoms with Gasteiger partial charge in [0.2, 0.25) is 0 Å². The molecule has 5 nitrogen and oxygen atoms in total. The van der Waals surface area contributed by atoms with Gasteiger partial charge in [-0.05, 0) is 36.8 Å². The van der Waals surface area contributed by atoms with Gasteiger partial charge in [0.1, 0.15) is 11.5 Å². The van der Waals surface area contributed by atoms with Gasteiger partial charge >= 0.3 is 0 Å². The molecular formula is C19H24N4O. The third-order valence-corrected chi connectivity index (χ3v) is 4.54. The van der Waals surface area contributed by atoms with E-state index in [1.165, 1.54) is 17.5 Å². The van der Waals surface area contributed by atoms with Crippen LogP contribution in [0.3, 0.4) is 0 Å². The lowest BCUT2D eigenvalue weighted by Gasteiger charge is -2.30. The molecule has 0 bridgehead atoms. The van der Waals surface area contributed by atoms with Crippen molar-refractivity contribution < 1.29 is 4.79 Å². The number of carbonyl (C=O) groups is 1. The molecule has 1 aliphatic rings. The van der Waals surface area contributed by atoms with Crippen LogP contribution in [-0.2, 0) is 6.54 Å². The smallest absolute Gasteiger partial charge is 0.274 e. The number of nitrogens with zero attached hydrogens (tertiary/aromatic N) is 3. The summed E-state index contributed by atoms with van der Waals surface area (Å²) >= 11 is 0. The minimum absolute atomic E-state index is 0.0143. The Morgan fingerprint density at radius 2 is 2.12 bits per heavy atom. The first-order valence-electron chi connectivity index (χ1n) is 8.53. The number of aromatic nitrogens is 2. The van der Waals surface area contributed by atoms with Crippen molar-refractivity contribution in [1.82, 2.24) is 14.9 Å². The molecule has 1 amide bonds. The van der Waals surface area contributed by atoms with Gasteiger partial charge in [-0.3, -0.25) is 4.79 Å². The molecule has 0 aliphatic carbocycles. The van der Waals surface area contributed by atoms with E-state index in [9.17, 15) is 4.79 Å². The molecule has 1 aromatic carbocycles. The standard InChI is InChI=1S/C19H24N4O/c1-14-6-5-9-23(13-14)19(24)17-11-22-18(12-20-17)21-10-16-8-4-3-7-15(16)2/h3-4,7-8,11-12,14H,5-6,9-10,13H2,1-2H3,(H,21,22). The van der Waals surface area contributed by atoms with Crippen LogP contribution < -0.4 is 5.32 Å². The van der Waals surface area contributed by atoms with Gasteiger partial charge in [-0.2, -0.15) is 0 Å². The highest BCUT2D eigenvalue weighted by Gasteiger charge is 2.23. The van der Waals surface area contributed by atoms with Crippen LogP contribution >= 0.6 is 0 Å². The van der Waals surface area contributed by atoms with Gasteiger partial charge in [0, 0.05) is 19.6 Å². The molecule has 0 saturated carbocycles. The van der Waals surface area contributed by atoms with E-state index in [4.69, 9.17) is 0 Å². The summed E-state index contributed by atoms with van der Waals surface area (Å²) in [6.07, 6.45) is 5.47. The van der Waals surface area contributed by atoms with E-state index in [2.05, 4.69) is 41.3 Å². The number of aryl methyl sites for hydroxylation is 1. The fraction of sp³-hybridized carbons (Fsp3) is 0.421. The van der Waals surface area contributed by atoms with Crippen molar-refractivity contribution in [3.63, 3.8) is 0 Å². The zero-order valence-electron chi connectivity index (χ0n) is 14.3. The number of hydrogen-bond donors (Lipinski definition) is 1. The molecule has 0 spiro atoms. The van der Waals surface area contributed by atoms with Gasteiger partial charge in [0.25, 0.3) is 5.91 Å². The molecule has 1 N–H and O–H groups in total. The molecule has 1 aromatic heterocycles. The van der Waals surface area contributed by atoms with Gasteiger partial charge < -0.3 is 10.2 Å². The van der Waals surface area contributed by atoms with Crippen LogP contribution in [0.2, 0.25) is 0 Å². The van der Waals surface area contributed by atoms with Crippen LogP contribution in [-0.4, -0.2) is 33.9 Å². The highest BCUT2D eigenvalue weighted by atomic mass is 16.2. The van der Waals surface area contributed by atoms with Gasteiger partial charge in [0.05, 0.1) is 12.4 Å². The van der Waals surface area contributed by atoms with Crippen molar-refractivity contribution in [3.05, 3.63) is 53.5 Å². The highest BCUT2D eigenvalue weighted by molar-refractivity contribution is 5.92. The minimum Gasteiger partial charge on any atom is -0.365 e. The van der Waals surface area contributed by atoms with Gasteiger partial charge in [-0.1, -0.05) is 31.2 Å². The molecule has 3 rings (SSSR count). The van der Waals surface area contributed by atoms with Gasteiger partial charge in [-0.25, -0.2) is 9.97 Å². The maximum Gasteiger partial charge on any atom is 0.274 e. The number of piperidine rings is 1. The summed E-state index contributed by atoms with van der Waals surface area (Å²) in [5.74, 6) is 1.23. The fourth-order valence-corrected chi connectivity index (χ4v) is 3.06. The lowest BCUT2D eigenvalue weighted by atomic mass is 10.0. The number of benzene rings is 1. The minimum atomic E-state index is -0.0143. The van der Waals surface area contributed by atoms with Crippen LogP contribution in [0.5, 0.6) is 0 Å². The predicted molar refractivity (Wildman–Crippen MR) is 94.8 cm³/mol. The lowest BCUT2D eigenvalue weighted by Crippen LogP contribution is -2.39. The van der Waals surface area contributed by atoms with Crippen LogP contribution in [0.15, 0.2) is 36.7 Å². The second-order valence-corrected chi connectivity index (χ2v) is 6.57. The third kappa shape index (κ3) is 3.91. The molecule has 2 heterocycles. The maximum absolute atomic E-state index is 12.5. The van der Waals surface area contributed by atoms with Gasteiger partial charge in [-0.15, -0.1) is 0 Å². The average Bonchev–Trinajstić information content (AvgIpc) is 2.61. The molecule has 1 fully saturated rings. The number of carbonyl (C=O) groups excluding carboxylic acids is 1. The van der Waals surface area contributed by atoms with E-state index in [0.29, 0.717) is 24.0 Å². The molecule has 5 heteroatoms. The number of amides is 1. The summed E-state index contributed by atoms with van der Waals surface area (Å²) in [5.41, 5.74) is 2.89. The van der Waals surface area contributed by atoms with Crippen molar-refractivity contribution in [3.8, 4) is 0 Å². The van der Waals surface area contributed by atoms with Crippen molar-refractivity contribution >= 4 is 11.7 Å². The maximum atomic E-state index is 12.5. The summed E-state index contributed by atoms with van der Waals surface area (Å²) in [4.78, 5) is 23.0. The van der Waals surface area contributed by atoms with Crippen molar-refractivity contribution in [2.75, 3.05) is 18.4 Å². The SMILES string of the molecule is Cc1ccccc1CNc1cnc(C(=O)N2CCCC(C)C2)cn1. The van der Waals surface area contributed by atoms with Crippen molar-refractivity contribution in [2.45, 2.75) is 33.2 Å². The quantitative estimate of drug-likeness (QED) is 0.938. The molecule has 1 unspecified atom stereocenters. The fourth-order valence-electron chi connectivity index (χ4n) is 3.06. The number of likely N-dealkylation sites (tertiary alicyclic amines) is 1. The predicted octanol–water partition coefficient (Wildman–Crippen LogP) is 3.27. The van der Waals surface area contributed by atoms with E-state index in [1.807, 2.05) is 17.0 Å². The Morgan fingerprint density at radius 3 is 2.83 bits per heavy atom. The normalized spacial score (nSPS) is 17.6. The van der Waals surface area contributed by atoms with E-state index in [1.54, 1.807) is 12.4 Å². The van der Waals surface area contributed by atoms with Crippen LogP contribution in [0.4, 0.5) is 5.82 Å². The second-order valence-electron chi connectivity index (χ2n) is 6.57. The molecule has 24 heavy (non-hydrogen) atoms. The van der Waals surface area contributed by atoms with Crippen molar-refractivity contribution in [2.24, 2.45) is 5.92 Å². The number of nitrogens with one attached hydrogen (secondary N) is 1. The van der Waals surface area contributed by atoms with E-state index in [-0.39, 0.29) is 5.91 Å². The monoisotopic (exact) mass is 324 g/mol. The molecular weight excluding hydrogens is 300 g/mol. The summed E-state index contributed by atoms with van der Waals surface area (Å²) in [6, 6.07) is 8.23. The number of rotatable bonds is 4. The zero-order valence-corrected chi connectivity index (χ0v) is 14.3. The average molecular weight is 324 g/mol. The lowest BCUT2D eigenvalue weighted by molar-refractivity contribution is 0.0676. The zero-order chi connectivity index (χ0) is 16.9. The Morgan fingerprint density at radius 1 is 1.29 bits per heavy atom. The Hall–Kier alpha value is -2.43. The summed E-state index contributed by atoms with van der Waals surface area (Å²) in [5, 5.41) is 3.26. The Bertz CT molecular complexity index is 699. The molecule has 0 radical (unpaired) electrons. The topological polar surface area (TPSA) is 58.1 Å². The molecule has 1 atom stereocenters. The van der Waals surface area contributed by atoms with Gasteiger partial charge in [0.15, 0.2) is 0 Å². The summed E-state index contributed by atoms with van der Waals surface area (Å²) in [6.45, 7) is 6.60. The van der Waals surface area contributed by atoms with Crippen LogP contribution in [0.25, 0.3) is 0 Å². The van der Waals surface area contributed by atoms with Crippen LogP contribution in [0.1, 0.15) is 41.4 Å². The first kappa shape index (κ1) is 16.4. The molecule has 2 aromatic rings. The van der Waals surface area contributed by atoms with Crippen molar-refractivity contribution in [1.29, 1.82) is 0 Å². The Balaban J connectivity index is 1.61. The summed E-state index contributed by atoms with van der Waals surface area (Å²) < 4.78 is 0. The van der Waals surface area contributed by atoms with E-state index in [0.717, 1.165) is 19.5 Å². The second kappa shape index (κ2) is 7.43. The Labute approximate surface area is 143 Å². The number of anilines is 1. The Kier molecular flexibility index (Phi) is 5.08. The molecule has 126 valence electrons. The molecule has 1 aliphatic heterocycles. The molecule has 1 saturated heterocycles. The van der Waals surface area contributed by atoms with E-state index >= 15 is 0 Å². The first-order chi connectivity index (χ1) is 11.6. The number of hydrogen-bond acceptors (Lipinski definition) is 4. The first-order valence-corrected chi connectivity index (χ1v) is 8.53. The third-order valence-electron chi connectivity index (χ3n) is 4.54. The highest BCUT2D eigenvalue weighted by Crippen LogP contribution is 2.17.